The average molecular weight is 1260 g/mol. The second kappa shape index (κ2) is 37.1. The minimum atomic E-state index is -1.88. The molecular formula is C58H95N15O16. The van der Waals surface area contributed by atoms with Crippen LogP contribution in [0, 0.1) is 23.7 Å². The van der Waals surface area contributed by atoms with Crippen molar-refractivity contribution in [1.29, 1.82) is 0 Å². The van der Waals surface area contributed by atoms with Crippen LogP contribution in [0.15, 0.2) is 35.3 Å². The van der Waals surface area contributed by atoms with Gasteiger partial charge in [0, 0.05) is 6.42 Å². The maximum atomic E-state index is 14.4. The van der Waals surface area contributed by atoms with Crippen molar-refractivity contribution in [2.75, 3.05) is 33.4 Å². The Labute approximate surface area is 518 Å². The Kier molecular flexibility index (Phi) is 31.3. The van der Waals surface area contributed by atoms with Crippen LogP contribution >= 0.6 is 0 Å². The lowest BCUT2D eigenvalue weighted by atomic mass is 9.94. The van der Waals surface area contributed by atoms with Crippen LogP contribution in [-0.4, -0.2) is 204 Å². The third kappa shape index (κ3) is 22.8. The molecular weight excluding hydrogens is 1160 g/mol. The quantitative estimate of drug-likeness (QED) is 0.0292. The highest BCUT2D eigenvalue weighted by Crippen LogP contribution is 2.18. The first-order valence-corrected chi connectivity index (χ1v) is 30.2. The Balaban J connectivity index is 1.86. The standard InChI is InChI=1S/C58H95N15O16/c1-11-28(5)42(70-48(79)36(61-10)22-33-18-16-15-17-19-33)53(84)66-38(25-74)50(81)64-35(20-21-41(59)77)47(78)69-44(30(7)13-3)55(86)71-43(29(6)12-2)54(85)67-40(27-76)52(83)73-46-32(9)89-57(88)45(31(8)14-4)72-49(80)37(23-34-24-62-58(60)63-34)65-51(82)39(26-75)68-56(46)87/h15-19,28-32,34-40,42-46,61,74-76H,11-14,20-27H2,1-10H3,(H2,59,77)(H,64,81)(H,65,82)(H,66,84)(H,67,85)(H,68,87)(H,69,78)(H,70,79)(H,71,86)(H,72,80)(H,73,83)(H3,60,62,63)/t28-,29-,30-,31-,32-,34-,35+,36+,37-,38-,39-,40-,42-,43-,44+,45-,46+/m0/s1. The molecule has 1 fully saturated rings. The number of nitrogens with zero attached hydrogens (tertiary/aromatic N) is 1. The number of aliphatic imine (C=N–C) groups is 1. The fourth-order valence-corrected chi connectivity index (χ4v) is 9.56. The Hall–Kier alpha value is -8.03. The molecule has 17 atom stereocenters. The van der Waals surface area contributed by atoms with Crippen LogP contribution in [0.3, 0.4) is 0 Å². The van der Waals surface area contributed by atoms with Crippen LogP contribution in [0.25, 0.3) is 0 Å². The molecule has 0 unspecified atom stereocenters. The number of benzene rings is 1. The van der Waals surface area contributed by atoms with Gasteiger partial charge in [-0.3, -0.25) is 57.7 Å². The summed E-state index contributed by atoms with van der Waals surface area (Å²) in [6, 6.07) is -7.72. The number of nitrogens with two attached hydrogens (primary N) is 2. The van der Waals surface area contributed by atoms with Gasteiger partial charge in [-0.1, -0.05) is 111 Å². The number of amides is 11. The lowest BCUT2D eigenvalue weighted by Gasteiger charge is -2.31. The molecule has 2 aliphatic heterocycles. The highest BCUT2D eigenvalue weighted by atomic mass is 16.5. The molecule has 0 radical (unpaired) electrons. The summed E-state index contributed by atoms with van der Waals surface area (Å²) in [4.78, 5) is 170. The number of hydrogen-bond acceptors (Lipinski definition) is 20. The predicted octanol–water partition coefficient (Wildman–Crippen LogP) is -5.29. The van der Waals surface area contributed by atoms with E-state index in [2.05, 4.69) is 68.8 Å². The van der Waals surface area contributed by atoms with Crippen molar-refractivity contribution in [2.45, 2.75) is 192 Å². The number of esters is 1. The van der Waals surface area contributed by atoms with Crippen molar-refractivity contribution in [3.8, 4) is 0 Å². The zero-order valence-electron chi connectivity index (χ0n) is 52.4. The first kappa shape index (κ1) is 75.2. The van der Waals surface area contributed by atoms with Gasteiger partial charge in [-0.15, -0.1) is 0 Å². The minimum Gasteiger partial charge on any atom is -0.458 e. The lowest BCUT2D eigenvalue weighted by Crippen LogP contribution is -2.63. The second-order valence-corrected chi connectivity index (χ2v) is 22.8. The summed E-state index contributed by atoms with van der Waals surface area (Å²) < 4.78 is 5.70. The van der Waals surface area contributed by atoms with Crippen molar-refractivity contribution in [2.24, 2.45) is 40.1 Å². The highest BCUT2D eigenvalue weighted by Gasteiger charge is 2.42. The van der Waals surface area contributed by atoms with Crippen molar-refractivity contribution in [3.05, 3.63) is 35.9 Å². The number of carbonyl (C=O) groups is 12. The number of aliphatic hydroxyl groups excluding tert-OH is 3. The minimum absolute atomic E-state index is 0.0883. The van der Waals surface area contributed by atoms with E-state index in [0.717, 1.165) is 5.56 Å². The molecule has 0 bridgehead atoms. The Morgan fingerprint density at radius 2 is 1.09 bits per heavy atom. The number of nitrogens with one attached hydrogen (secondary N) is 12. The van der Waals surface area contributed by atoms with Crippen LogP contribution in [-0.2, 0) is 68.7 Å². The molecule has 498 valence electrons. The topological polar surface area (TPSA) is 484 Å². The van der Waals surface area contributed by atoms with E-state index in [1.165, 1.54) is 6.92 Å². The van der Waals surface area contributed by atoms with E-state index in [4.69, 9.17) is 16.2 Å². The zero-order chi connectivity index (χ0) is 66.8. The molecule has 3 rings (SSSR count). The van der Waals surface area contributed by atoms with Gasteiger partial charge in [0.05, 0.1) is 38.4 Å². The smallest absolute Gasteiger partial charge is 0.329 e. The molecule has 0 saturated carbocycles. The molecule has 1 saturated heterocycles. The van der Waals surface area contributed by atoms with Gasteiger partial charge >= 0.3 is 5.97 Å². The molecule has 31 nitrogen and oxygen atoms in total. The normalized spacial score (nSPS) is 22.6. The lowest BCUT2D eigenvalue weighted by molar-refractivity contribution is -0.157. The Morgan fingerprint density at radius 1 is 0.618 bits per heavy atom. The molecule has 1 aromatic carbocycles. The van der Waals surface area contributed by atoms with E-state index in [-0.39, 0.29) is 31.8 Å². The van der Waals surface area contributed by atoms with E-state index in [1.54, 1.807) is 62.4 Å². The van der Waals surface area contributed by atoms with Gasteiger partial charge < -0.3 is 95.3 Å². The van der Waals surface area contributed by atoms with Gasteiger partial charge in [0.25, 0.3) is 0 Å². The predicted molar refractivity (Wildman–Crippen MR) is 323 cm³/mol. The first-order chi connectivity index (χ1) is 42.1. The van der Waals surface area contributed by atoms with Crippen LogP contribution in [0.2, 0.25) is 0 Å². The van der Waals surface area contributed by atoms with Gasteiger partial charge in [-0.25, -0.2) is 4.79 Å². The number of likely N-dealkylation sites (N-methyl/N-ethyl adjacent to an activating group) is 1. The summed E-state index contributed by atoms with van der Waals surface area (Å²) >= 11 is 0. The van der Waals surface area contributed by atoms with E-state index in [1.807, 2.05) is 30.3 Å². The summed E-state index contributed by atoms with van der Waals surface area (Å²) in [6.45, 7) is 11.7. The number of hydrogen-bond donors (Lipinski definition) is 17. The van der Waals surface area contributed by atoms with Crippen molar-refractivity contribution in [1.82, 2.24) is 63.8 Å². The fourth-order valence-electron chi connectivity index (χ4n) is 9.56. The van der Waals surface area contributed by atoms with E-state index < -0.39 is 206 Å². The second-order valence-electron chi connectivity index (χ2n) is 22.8. The molecule has 11 amide bonds. The summed E-state index contributed by atoms with van der Waals surface area (Å²) in [6.07, 6.45) is -1.01. The van der Waals surface area contributed by atoms with Crippen LogP contribution < -0.4 is 75.3 Å². The number of carbonyl (C=O) groups excluding carboxylic acids is 12. The summed E-state index contributed by atoms with van der Waals surface area (Å²) in [5, 5.41) is 62.1. The molecule has 2 heterocycles. The average Bonchev–Trinajstić information content (AvgIpc) is 4.13. The molecule has 31 heteroatoms. The summed E-state index contributed by atoms with van der Waals surface area (Å²) in [5.41, 5.74) is 12.1. The van der Waals surface area contributed by atoms with Crippen molar-refractivity contribution in [3.63, 3.8) is 0 Å². The molecule has 19 N–H and O–H groups in total. The molecule has 2 aliphatic rings. The number of aliphatic hydroxyl groups is 3. The number of rotatable bonds is 33. The Morgan fingerprint density at radius 3 is 1.56 bits per heavy atom. The number of primary amides is 1. The van der Waals surface area contributed by atoms with Gasteiger partial charge in [0.15, 0.2) is 5.96 Å². The zero-order valence-corrected chi connectivity index (χ0v) is 52.4. The largest absolute Gasteiger partial charge is 0.458 e. The van der Waals surface area contributed by atoms with E-state index >= 15 is 0 Å². The number of ether oxygens (including phenoxy) is 1. The summed E-state index contributed by atoms with van der Waals surface area (Å²) in [5.74, 6) is -13.8. The molecule has 1 aromatic rings. The number of guanidine groups is 1. The van der Waals surface area contributed by atoms with Gasteiger partial charge in [-0.2, -0.15) is 0 Å². The van der Waals surface area contributed by atoms with Crippen molar-refractivity contribution >= 4 is 76.9 Å². The molecule has 89 heavy (non-hydrogen) atoms. The highest BCUT2D eigenvalue weighted by molar-refractivity contribution is 6.00. The van der Waals surface area contributed by atoms with Gasteiger partial charge in [0.2, 0.25) is 65.0 Å². The first-order valence-electron chi connectivity index (χ1n) is 30.2. The van der Waals surface area contributed by atoms with Crippen molar-refractivity contribution < 1.29 is 77.6 Å². The van der Waals surface area contributed by atoms with Crippen LogP contribution in [0.4, 0.5) is 0 Å². The SMILES string of the molecule is CC[C@H](C)[C@H](NC(=O)[C@@H](Cc1ccccc1)NC)C(=O)N[C@@H](CO)C(=O)N[C@H](CCC(N)=O)C(=O)N[C@@H](C(=O)N[C@H](C(=O)N[C@@H](CO)C(=O)N[C@H]1C(=O)N[C@@H](CO)C(=O)N[C@@H](C[C@H]2CN=C(N)N2)C(=O)N[C@@H]([C@@H](C)CC)C(=O)O[C@H]1C)[C@@H](C)CC)[C@@H](C)CC. The molecule has 0 aliphatic carbocycles. The monoisotopic (exact) mass is 1260 g/mol. The van der Waals surface area contributed by atoms with Crippen LogP contribution in [0.5, 0.6) is 0 Å². The third-order valence-corrected chi connectivity index (χ3v) is 16.2. The van der Waals surface area contributed by atoms with E-state index in [9.17, 15) is 72.9 Å². The maximum absolute atomic E-state index is 14.4. The summed E-state index contributed by atoms with van der Waals surface area (Å²) in [7, 11) is 1.59. The van der Waals surface area contributed by atoms with Gasteiger partial charge in [0.1, 0.15) is 66.5 Å². The number of cyclic esters (lactones) is 1. The Bertz CT molecular complexity index is 2630. The van der Waals surface area contributed by atoms with E-state index in [0.29, 0.717) is 19.3 Å². The third-order valence-electron chi connectivity index (χ3n) is 16.2. The molecule has 0 aromatic heterocycles. The molecule has 0 spiro atoms. The van der Waals surface area contributed by atoms with Gasteiger partial charge in [-0.05, 0) is 62.5 Å². The van der Waals surface area contributed by atoms with Crippen LogP contribution in [0.1, 0.15) is 113 Å². The maximum Gasteiger partial charge on any atom is 0.329 e. The fraction of sp³-hybridized carbons (Fsp3) is 0.672.